The quantitative estimate of drug-likeness (QED) is 0.839. The Kier molecular flexibility index (Phi) is 6.99. The SMILES string of the molecule is CCN(CCO)CC(=O)N(C)C(C)c1ccc(Cl)cc1. The van der Waals surface area contributed by atoms with E-state index in [9.17, 15) is 4.79 Å². The van der Waals surface area contributed by atoms with Gasteiger partial charge in [0.05, 0.1) is 19.2 Å². The first-order chi connectivity index (χ1) is 9.49. The number of carbonyl (C=O) groups excluding carboxylic acids is 1. The van der Waals surface area contributed by atoms with E-state index in [4.69, 9.17) is 16.7 Å². The molecular formula is C15H23ClN2O2. The van der Waals surface area contributed by atoms with Crippen molar-refractivity contribution in [3.8, 4) is 0 Å². The third kappa shape index (κ3) is 4.78. The lowest BCUT2D eigenvalue weighted by Crippen LogP contribution is -2.40. The van der Waals surface area contributed by atoms with Crippen molar-refractivity contribution < 1.29 is 9.90 Å². The summed E-state index contributed by atoms with van der Waals surface area (Å²) in [6.45, 7) is 5.62. The number of benzene rings is 1. The summed E-state index contributed by atoms with van der Waals surface area (Å²) in [4.78, 5) is 15.9. The van der Waals surface area contributed by atoms with Crippen molar-refractivity contribution in [2.75, 3.05) is 33.3 Å². The van der Waals surface area contributed by atoms with Gasteiger partial charge in [0.25, 0.3) is 0 Å². The van der Waals surface area contributed by atoms with E-state index >= 15 is 0 Å². The zero-order valence-corrected chi connectivity index (χ0v) is 13.1. The molecule has 5 heteroatoms. The van der Waals surface area contributed by atoms with Crippen LogP contribution >= 0.6 is 11.6 Å². The highest BCUT2D eigenvalue weighted by Crippen LogP contribution is 2.20. The van der Waals surface area contributed by atoms with Crippen LogP contribution in [0, 0.1) is 0 Å². The lowest BCUT2D eigenvalue weighted by molar-refractivity contribution is -0.133. The molecule has 1 rings (SSSR count). The van der Waals surface area contributed by atoms with E-state index < -0.39 is 0 Å². The summed E-state index contributed by atoms with van der Waals surface area (Å²) in [7, 11) is 1.80. The maximum Gasteiger partial charge on any atom is 0.236 e. The first-order valence-corrected chi connectivity index (χ1v) is 7.21. The number of hydrogen-bond donors (Lipinski definition) is 1. The van der Waals surface area contributed by atoms with E-state index in [0.717, 1.165) is 12.1 Å². The number of nitrogens with zero attached hydrogens (tertiary/aromatic N) is 2. The predicted molar refractivity (Wildman–Crippen MR) is 81.8 cm³/mol. The van der Waals surface area contributed by atoms with Gasteiger partial charge >= 0.3 is 0 Å². The predicted octanol–water partition coefficient (Wildman–Crippen LogP) is 2.17. The van der Waals surface area contributed by atoms with Gasteiger partial charge in [-0.2, -0.15) is 0 Å². The number of rotatable bonds is 7. The Morgan fingerprint density at radius 1 is 1.35 bits per heavy atom. The molecule has 0 bridgehead atoms. The second kappa shape index (κ2) is 8.25. The van der Waals surface area contributed by atoms with Gasteiger partial charge in [0.1, 0.15) is 0 Å². The molecule has 0 saturated carbocycles. The van der Waals surface area contributed by atoms with Crippen molar-refractivity contribution in [1.29, 1.82) is 0 Å². The van der Waals surface area contributed by atoms with Crippen LogP contribution in [0.1, 0.15) is 25.5 Å². The van der Waals surface area contributed by atoms with Crippen LogP contribution in [0.5, 0.6) is 0 Å². The zero-order chi connectivity index (χ0) is 15.1. The summed E-state index contributed by atoms with van der Waals surface area (Å²) in [5.74, 6) is 0.0442. The second-order valence-electron chi connectivity index (χ2n) is 4.82. The summed E-state index contributed by atoms with van der Waals surface area (Å²) in [5.41, 5.74) is 1.05. The van der Waals surface area contributed by atoms with Crippen molar-refractivity contribution >= 4 is 17.5 Å². The van der Waals surface area contributed by atoms with Crippen LogP contribution in [0.4, 0.5) is 0 Å². The molecule has 0 spiro atoms. The van der Waals surface area contributed by atoms with Crippen LogP contribution in [0.2, 0.25) is 5.02 Å². The lowest BCUT2D eigenvalue weighted by atomic mass is 10.1. The van der Waals surface area contributed by atoms with Crippen LogP contribution in [0.25, 0.3) is 0 Å². The highest BCUT2D eigenvalue weighted by Gasteiger charge is 2.19. The Labute approximate surface area is 125 Å². The molecule has 1 aromatic carbocycles. The molecule has 0 aliphatic rings. The van der Waals surface area contributed by atoms with Crippen molar-refractivity contribution in [3.05, 3.63) is 34.9 Å². The Morgan fingerprint density at radius 3 is 2.45 bits per heavy atom. The number of amides is 1. The Balaban J connectivity index is 2.65. The number of halogens is 1. The largest absolute Gasteiger partial charge is 0.395 e. The van der Waals surface area contributed by atoms with Crippen LogP contribution < -0.4 is 0 Å². The molecule has 1 unspecified atom stereocenters. The van der Waals surface area contributed by atoms with E-state index in [2.05, 4.69) is 0 Å². The van der Waals surface area contributed by atoms with E-state index in [1.807, 2.05) is 43.0 Å². The molecule has 1 atom stereocenters. The number of hydrogen-bond acceptors (Lipinski definition) is 3. The van der Waals surface area contributed by atoms with Gasteiger partial charge in [-0.1, -0.05) is 30.7 Å². The molecular weight excluding hydrogens is 276 g/mol. The normalized spacial score (nSPS) is 12.5. The van der Waals surface area contributed by atoms with Gasteiger partial charge in [0.2, 0.25) is 5.91 Å². The molecule has 112 valence electrons. The first kappa shape index (κ1) is 17.0. The van der Waals surface area contributed by atoms with Crippen LogP contribution in [-0.4, -0.2) is 54.1 Å². The van der Waals surface area contributed by atoms with E-state index in [0.29, 0.717) is 18.1 Å². The van der Waals surface area contributed by atoms with Crippen molar-refractivity contribution in [3.63, 3.8) is 0 Å². The Morgan fingerprint density at radius 2 is 1.95 bits per heavy atom. The minimum atomic E-state index is -0.00685. The average Bonchev–Trinajstić information content (AvgIpc) is 2.45. The molecule has 0 aliphatic carbocycles. The average molecular weight is 299 g/mol. The number of aliphatic hydroxyl groups excluding tert-OH is 1. The zero-order valence-electron chi connectivity index (χ0n) is 12.3. The molecule has 0 fully saturated rings. The standard InChI is InChI=1S/C15H23ClN2O2/c1-4-18(9-10-19)11-15(20)17(3)12(2)13-5-7-14(16)8-6-13/h5-8,12,19H,4,9-11H2,1-3H3. The molecule has 20 heavy (non-hydrogen) atoms. The highest BCUT2D eigenvalue weighted by molar-refractivity contribution is 6.30. The lowest BCUT2D eigenvalue weighted by Gasteiger charge is -2.28. The number of carbonyl (C=O) groups is 1. The van der Waals surface area contributed by atoms with Gasteiger partial charge in [-0.05, 0) is 31.2 Å². The van der Waals surface area contributed by atoms with Gasteiger partial charge in [0.15, 0.2) is 0 Å². The van der Waals surface area contributed by atoms with Gasteiger partial charge < -0.3 is 10.0 Å². The van der Waals surface area contributed by atoms with Gasteiger partial charge in [0, 0.05) is 18.6 Å². The smallest absolute Gasteiger partial charge is 0.236 e. The van der Waals surface area contributed by atoms with Crippen LogP contribution in [0.15, 0.2) is 24.3 Å². The molecule has 0 radical (unpaired) electrons. The molecule has 0 aliphatic heterocycles. The molecule has 1 N–H and O–H groups in total. The maximum absolute atomic E-state index is 12.2. The third-order valence-corrected chi connectivity index (χ3v) is 3.80. The fourth-order valence-corrected chi connectivity index (χ4v) is 2.10. The number of likely N-dealkylation sites (N-methyl/N-ethyl adjacent to an activating group) is 2. The molecule has 0 heterocycles. The summed E-state index contributed by atoms with van der Waals surface area (Å²) in [6.07, 6.45) is 0. The summed E-state index contributed by atoms with van der Waals surface area (Å²) in [5, 5.41) is 9.64. The summed E-state index contributed by atoms with van der Waals surface area (Å²) in [6, 6.07) is 7.52. The Bertz CT molecular complexity index is 422. The highest BCUT2D eigenvalue weighted by atomic mass is 35.5. The molecule has 1 amide bonds. The van der Waals surface area contributed by atoms with E-state index in [1.54, 1.807) is 11.9 Å². The third-order valence-electron chi connectivity index (χ3n) is 3.55. The van der Waals surface area contributed by atoms with Crippen LogP contribution in [-0.2, 0) is 4.79 Å². The van der Waals surface area contributed by atoms with Gasteiger partial charge in [-0.3, -0.25) is 9.69 Å². The molecule has 0 saturated heterocycles. The van der Waals surface area contributed by atoms with Gasteiger partial charge in [-0.15, -0.1) is 0 Å². The monoisotopic (exact) mass is 298 g/mol. The Hall–Kier alpha value is -1.10. The molecule has 4 nitrogen and oxygen atoms in total. The summed E-state index contributed by atoms with van der Waals surface area (Å²) >= 11 is 5.87. The fourth-order valence-electron chi connectivity index (χ4n) is 1.97. The molecule has 1 aromatic rings. The van der Waals surface area contributed by atoms with Crippen LogP contribution in [0.3, 0.4) is 0 Å². The number of aliphatic hydroxyl groups is 1. The van der Waals surface area contributed by atoms with Gasteiger partial charge in [-0.25, -0.2) is 0 Å². The topological polar surface area (TPSA) is 43.8 Å². The minimum absolute atomic E-state index is 0.00685. The molecule has 0 aromatic heterocycles. The van der Waals surface area contributed by atoms with Crippen molar-refractivity contribution in [2.45, 2.75) is 19.9 Å². The van der Waals surface area contributed by atoms with E-state index in [1.165, 1.54) is 0 Å². The van der Waals surface area contributed by atoms with E-state index in [-0.39, 0.29) is 18.6 Å². The fraction of sp³-hybridized carbons (Fsp3) is 0.533. The van der Waals surface area contributed by atoms with Crippen molar-refractivity contribution in [2.24, 2.45) is 0 Å². The maximum atomic E-state index is 12.2. The first-order valence-electron chi connectivity index (χ1n) is 6.84. The minimum Gasteiger partial charge on any atom is -0.395 e. The second-order valence-corrected chi connectivity index (χ2v) is 5.26. The summed E-state index contributed by atoms with van der Waals surface area (Å²) < 4.78 is 0. The van der Waals surface area contributed by atoms with Crippen molar-refractivity contribution in [1.82, 2.24) is 9.80 Å².